The summed E-state index contributed by atoms with van der Waals surface area (Å²) < 4.78 is 17.0. The molecule has 4 aromatic rings. The summed E-state index contributed by atoms with van der Waals surface area (Å²) in [5.74, 6) is -0.655. The van der Waals surface area contributed by atoms with Crippen molar-refractivity contribution in [1.82, 2.24) is 19.7 Å². The number of carbonyl (C=O) groups excluding carboxylic acids is 1. The first-order chi connectivity index (χ1) is 15.1. The molecule has 0 atom stereocenters. The van der Waals surface area contributed by atoms with Crippen LogP contribution in [0, 0.1) is 5.82 Å². The van der Waals surface area contributed by atoms with Gasteiger partial charge in [-0.15, -0.1) is 0 Å². The van der Waals surface area contributed by atoms with Gasteiger partial charge in [0.05, 0.1) is 24.8 Å². The molecule has 0 aliphatic rings. The smallest absolute Gasteiger partial charge is 0.254 e. The topological polar surface area (TPSA) is 68.9 Å². The fourth-order valence-corrected chi connectivity index (χ4v) is 3.21. The highest BCUT2D eigenvalue weighted by molar-refractivity contribution is 5.93. The molecule has 156 valence electrons. The maximum Gasteiger partial charge on any atom is 0.254 e. The number of amides is 1. The van der Waals surface area contributed by atoms with Gasteiger partial charge in [0.2, 0.25) is 0 Å². The number of hydrogen-bond donors (Lipinski definition) is 1. The van der Waals surface area contributed by atoms with Crippen molar-refractivity contribution in [3.63, 3.8) is 0 Å². The Labute approximate surface area is 178 Å². The van der Waals surface area contributed by atoms with Crippen LogP contribution in [0.2, 0.25) is 0 Å². The number of nitrogens with zero attached hydrogens (tertiary/aromatic N) is 3. The minimum Gasteiger partial charge on any atom is -0.348 e. The third-order valence-electron chi connectivity index (χ3n) is 4.91. The molecule has 2 aromatic carbocycles. The number of hydrogen-bond acceptors (Lipinski definition) is 3. The standard InChI is InChI=1S/C24H21FN4O2/c25-22-6-2-1-5-20(22)13-26-24(31)21-14-27-29(17-21)16-19-10-8-18(9-11-19)15-28-12-4-3-7-23(28)30/h1-12,14,17H,13,15-16H2,(H,26,31). The Morgan fingerprint density at radius 1 is 0.935 bits per heavy atom. The van der Waals surface area contributed by atoms with E-state index in [0.717, 1.165) is 11.1 Å². The van der Waals surface area contributed by atoms with E-state index in [1.54, 1.807) is 45.9 Å². The zero-order valence-electron chi connectivity index (χ0n) is 16.7. The molecule has 0 unspecified atom stereocenters. The van der Waals surface area contributed by atoms with E-state index >= 15 is 0 Å². The summed E-state index contributed by atoms with van der Waals surface area (Å²) in [6.07, 6.45) is 4.92. The summed E-state index contributed by atoms with van der Waals surface area (Å²) in [6.45, 7) is 1.13. The van der Waals surface area contributed by atoms with Crippen molar-refractivity contribution in [2.75, 3.05) is 0 Å². The van der Waals surface area contributed by atoms with Gasteiger partial charge in [0.15, 0.2) is 0 Å². The van der Waals surface area contributed by atoms with Crippen molar-refractivity contribution in [3.05, 3.63) is 124 Å². The minimum atomic E-state index is -0.348. The van der Waals surface area contributed by atoms with E-state index in [2.05, 4.69) is 10.4 Å². The first-order valence-electron chi connectivity index (χ1n) is 9.86. The van der Waals surface area contributed by atoms with Gasteiger partial charge in [0.1, 0.15) is 5.82 Å². The van der Waals surface area contributed by atoms with Crippen molar-refractivity contribution < 1.29 is 9.18 Å². The zero-order valence-corrected chi connectivity index (χ0v) is 16.7. The molecule has 0 aliphatic heterocycles. The average Bonchev–Trinajstić information content (AvgIpc) is 3.24. The van der Waals surface area contributed by atoms with Gasteiger partial charge < -0.3 is 9.88 Å². The highest BCUT2D eigenvalue weighted by atomic mass is 19.1. The van der Waals surface area contributed by atoms with Gasteiger partial charge in [-0.2, -0.15) is 5.10 Å². The lowest BCUT2D eigenvalue weighted by Gasteiger charge is -2.07. The lowest BCUT2D eigenvalue weighted by molar-refractivity contribution is 0.0950. The summed E-state index contributed by atoms with van der Waals surface area (Å²) in [6, 6.07) is 19.3. The van der Waals surface area contributed by atoms with Crippen LogP contribution in [0.3, 0.4) is 0 Å². The quantitative estimate of drug-likeness (QED) is 0.503. The van der Waals surface area contributed by atoms with E-state index < -0.39 is 0 Å². The van der Waals surface area contributed by atoms with Crippen LogP contribution in [0.1, 0.15) is 27.0 Å². The first kappa shape index (κ1) is 20.3. The fourth-order valence-electron chi connectivity index (χ4n) is 3.21. The van der Waals surface area contributed by atoms with Crippen molar-refractivity contribution in [2.45, 2.75) is 19.6 Å². The van der Waals surface area contributed by atoms with Crippen LogP contribution in [-0.4, -0.2) is 20.3 Å². The highest BCUT2D eigenvalue weighted by Gasteiger charge is 2.10. The Balaban J connectivity index is 1.35. The van der Waals surface area contributed by atoms with Crippen LogP contribution in [0.5, 0.6) is 0 Å². The molecule has 0 spiro atoms. The van der Waals surface area contributed by atoms with Gasteiger partial charge in [0, 0.05) is 30.6 Å². The van der Waals surface area contributed by atoms with Crippen LogP contribution in [-0.2, 0) is 19.6 Å². The molecule has 6 nitrogen and oxygen atoms in total. The highest BCUT2D eigenvalue weighted by Crippen LogP contribution is 2.09. The predicted molar refractivity (Wildman–Crippen MR) is 115 cm³/mol. The van der Waals surface area contributed by atoms with Gasteiger partial charge >= 0.3 is 0 Å². The summed E-state index contributed by atoms with van der Waals surface area (Å²) in [4.78, 5) is 24.2. The van der Waals surface area contributed by atoms with Gasteiger partial charge in [0.25, 0.3) is 11.5 Å². The van der Waals surface area contributed by atoms with Crippen LogP contribution in [0.25, 0.3) is 0 Å². The van der Waals surface area contributed by atoms with Crippen molar-refractivity contribution in [3.8, 4) is 0 Å². The Morgan fingerprint density at radius 3 is 2.39 bits per heavy atom. The average molecular weight is 416 g/mol. The predicted octanol–water partition coefficient (Wildman–Crippen LogP) is 3.21. The van der Waals surface area contributed by atoms with Crippen molar-refractivity contribution in [1.29, 1.82) is 0 Å². The molecule has 7 heteroatoms. The lowest BCUT2D eigenvalue weighted by Crippen LogP contribution is -2.22. The molecule has 2 aromatic heterocycles. The molecule has 0 saturated heterocycles. The van der Waals surface area contributed by atoms with Gasteiger partial charge in [-0.05, 0) is 23.3 Å². The summed E-state index contributed by atoms with van der Waals surface area (Å²) >= 11 is 0. The van der Waals surface area contributed by atoms with Crippen LogP contribution in [0.4, 0.5) is 4.39 Å². The monoisotopic (exact) mass is 416 g/mol. The second-order valence-corrected chi connectivity index (χ2v) is 7.18. The number of carbonyl (C=O) groups is 1. The molecule has 0 bridgehead atoms. The maximum absolute atomic E-state index is 13.7. The van der Waals surface area contributed by atoms with Crippen LogP contribution < -0.4 is 10.9 Å². The fraction of sp³-hybridized carbons (Fsp3) is 0.125. The van der Waals surface area contributed by atoms with Gasteiger partial charge in [-0.25, -0.2) is 4.39 Å². The minimum absolute atomic E-state index is 0.0380. The molecule has 4 rings (SSSR count). The maximum atomic E-state index is 13.7. The molecule has 31 heavy (non-hydrogen) atoms. The second-order valence-electron chi connectivity index (χ2n) is 7.18. The molecule has 0 saturated carbocycles. The number of nitrogens with one attached hydrogen (secondary N) is 1. The van der Waals surface area contributed by atoms with Crippen molar-refractivity contribution in [2.24, 2.45) is 0 Å². The molecule has 1 N–H and O–H groups in total. The molecule has 1 amide bonds. The number of pyridine rings is 1. The molecule has 0 radical (unpaired) electrons. The number of rotatable bonds is 7. The van der Waals surface area contributed by atoms with Gasteiger partial charge in [-0.1, -0.05) is 48.5 Å². The Kier molecular flexibility index (Phi) is 6.03. The zero-order chi connectivity index (χ0) is 21.6. The van der Waals surface area contributed by atoms with E-state index in [1.165, 1.54) is 18.3 Å². The van der Waals surface area contributed by atoms with E-state index in [0.29, 0.717) is 24.2 Å². The normalized spacial score (nSPS) is 10.7. The Morgan fingerprint density at radius 2 is 1.65 bits per heavy atom. The molecule has 0 aliphatic carbocycles. The first-order valence-corrected chi connectivity index (χ1v) is 9.86. The van der Waals surface area contributed by atoms with Gasteiger partial charge in [-0.3, -0.25) is 14.3 Å². The molecule has 2 heterocycles. The van der Waals surface area contributed by atoms with Crippen LogP contribution >= 0.6 is 0 Å². The molecular weight excluding hydrogens is 395 g/mol. The lowest BCUT2D eigenvalue weighted by atomic mass is 10.1. The largest absolute Gasteiger partial charge is 0.348 e. The Bertz CT molecular complexity index is 1240. The van der Waals surface area contributed by atoms with E-state index in [-0.39, 0.29) is 23.8 Å². The SMILES string of the molecule is O=C(NCc1ccccc1F)c1cnn(Cc2ccc(Cn3ccccc3=O)cc2)c1. The van der Waals surface area contributed by atoms with Crippen molar-refractivity contribution >= 4 is 5.91 Å². The molecule has 0 fully saturated rings. The Hall–Kier alpha value is -4.00. The third kappa shape index (κ3) is 5.14. The van der Waals surface area contributed by atoms with E-state index in [1.807, 2.05) is 30.3 Å². The second kappa shape index (κ2) is 9.21. The molecular formula is C24H21FN4O2. The van der Waals surface area contributed by atoms with Crippen LogP contribution in [0.15, 0.2) is 90.1 Å². The summed E-state index contributed by atoms with van der Waals surface area (Å²) in [5.41, 5.74) is 2.85. The number of benzene rings is 2. The number of halogens is 1. The number of aromatic nitrogens is 3. The summed E-state index contributed by atoms with van der Waals surface area (Å²) in [7, 11) is 0. The third-order valence-corrected chi connectivity index (χ3v) is 4.91. The summed E-state index contributed by atoms with van der Waals surface area (Å²) in [5, 5.41) is 6.95. The van der Waals surface area contributed by atoms with E-state index in [9.17, 15) is 14.0 Å². The van der Waals surface area contributed by atoms with E-state index in [4.69, 9.17) is 0 Å².